The van der Waals surface area contributed by atoms with Gasteiger partial charge in [-0.2, -0.15) is 0 Å². The molecular formula is C33H36N4O2. The normalized spacial score (nSPS) is 10.9. The third-order valence-corrected chi connectivity index (χ3v) is 6.71. The summed E-state index contributed by atoms with van der Waals surface area (Å²) < 4.78 is 0. The van der Waals surface area contributed by atoms with E-state index >= 15 is 0 Å². The van der Waals surface area contributed by atoms with Crippen molar-refractivity contribution in [2.75, 3.05) is 18.9 Å². The summed E-state index contributed by atoms with van der Waals surface area (Å²) in [7, 11) is 2.06. The summed E-state index contributed by atoms with van der Waals surface area (Å²) in [6.45, 7) is 4.36. The van der Waals surface area contributed by atoms with Gasteiger partial charge in [0, 0.05) is 43.0 Å². The molecule has 0 atom stereocenters. The van der Waals surface area contributed by atoms with Gasteiger partial charge in [0.05, 0.1) is 0 Å². The molecule has 200 valence electrons. The van der Waals surface area contributed by atoms with Crippen LogP contribution in [0.2, 0.25) is 0 Å². The maximum absolute atomic E-state index is 13.1. The molecule has 2 amide bonds. The van der Waals surface area contributed by atoms with Crippen LogP contribution in [0.5, 0.6) is 0 Å². The fourth-order valence-electron chi connectivity index (χ4n) is 4.28. The number of hydrogen-bond donors (Lipinski definition) is 3. The third kappa shape index (κ3) is 8.11. The molecule has 6 nitrogen and oxygen atoms in total. The van der Waals surface area contributed by atoms with Crippen LogP contribution in [-0.2, 0) is 26.1 Å². The molecule has 4 rings (SSSR count). The highest BCUT2D eigenvalue weighted by Crippen LogP contribution is 2.21. The second kappa shape index (κ2) is 13.5. The van der Waals surface area contributed by atoms with Crippen molar-refractivity contribution in [1.82, 2.24) is 10.2 Å². The van der Waals surface area contributed by atoms with E-state index in [-0.39, 0.29) is 11.8 Å². The van der Waals surface area contributed by atoms with Crippen LogP contribution in [0.25, 0.3) is 0 Å². The highest BCUT2D eigenvalue weighted by Gasteiger charge is 2.15. The number of carbonyl (C=O) groups is 2. The molecule has 0 saturated heterocycles. The quantitative estimate of drug-likeness (QED) is 0.250. The van der Waals surface area contributed by atoms with E-state index in [1.165, 1.54) is 5.56 Å². The van der Waals surface area contributed by atoms with E-state index in [0.717, 1.165) is 35.2 Å². The number of benzene rings is 4. The number of aryl methyl sites for hydroxylation is 1. The molecule has 0 aliphatic carbocycles. The van der Waals surface area contributed by atoms with Crippen molar-refractivity contribution in [3.05, 3.63) is 136 Å². The van der Waals surface area contributed by atoms with Crippen LogP contribution in [0.15, 0.2) is 97.1 Å². The van der Waals surface area contributed by atoms with Crippen molar-refractivity contribution >= 4 is 17.5 Å². The van der Waals surface area contributed by atoms with Gasteiger partial charge in [0.1, 0.15) is 0 Å². The first kappa shape index (κ1) is 27.8. The van der Waals surface area contributed by atoms with E-state index in [9.17, 15) is 9.59 Å². The molecule has 4 aromatic carbocycles. The summed E-state index contributed by atoms with van der Waals surface area (Å²) >= 11 is 0. The SMILES string of the molecule is Cc1ccc(C(=O)Nc2cc(C(=O)NCc3ccc(CN)cc3)ccc2CN(C)CCc2ccccc2)cc1. The fraction of sp³-hybridized carbons (Fsp3) is 0.212. The Bertz CT molecular complexity index is 1380. The zero-order valence-corrected chi connectivity index (χ0v) is 22.6. The maximum Gasteiger partial charge on any atom is 0.255 e. The lowest BCUT2D eigenvalue weighted by molar-refractivity contribution is 0.0949. The van der Waals surface area contributed by atoms with Gasteiger partial charge in [-0.15, -0.1) is 0 Å². The topological polar surface area (TPSA) is 87.5 Å². The van der Waals surface area contributed by atoms with Gasteiger partial charge in [-0.25, -0.2) is 0 Å². The lowest BCUT2D eigenvalue weighted by atomic mass is 10.1. The second-order valence-electron chi connectivity index (χ2n) is 9.87. The van der Waals surface area contributed by atoms with Crippen LogP contribution in [0.3, 0.4) is 0 Å². The smallest absolute Gasteiger partial charge is 0.255 e. The summed E-state index contributed by atoms with van der Waals surface area (Å²) in [5.74, 6) is -0.409. The minimum atomic E-state index is -0.208. The first-order valence-electron chi connectivity index (χ1n) is 13.2. The van der Waals surface area contributed by atoms with Gasteiger partial charge in [-0.05, 0) is 66.9 Å². The van der Waals surface area contributed by atoms with Crippen LogP contribution in [0.1, 0.15) is 48.5 Å². The average molecular weight is 521 g/mol. The number of nitrogens with one attached hydrogen (secondary N) is 2. The van der Waals surface area contributed by atoms with Gasteiger partial charge in [-0.3, -0.25) is 9.59 Å². The van der Waals surface area contributed by atoms with Crippen LogP contribution >= 0.6 is 0 Å². The molecule has 0 aliphatic heterocycles. The number of amides is 2. The van der Waals surface area contributed by atoms with E-state index in [0.29, 0.717) is 36.4 Å². The Morgan fingerprint density at radius 2 is 1.44 bits per heavy atom. The number of hydrogen-bond acceptors (Lipinski definition) is 4. The van der Waals surface area contributed by atoms with Gasteiger partial charge in [0.15, 0.2) is 0 Å². The Morgan fingerprint density at radius 1 is 0.769 bits per heavy atom. The highest BCUT2D eigenvalue weighted by molar-refractivity contribution is 6.05. The van der Waals surface area contributed by atoms with Crippen LogP contribution in [-0.4, -0.2) is 30.3 Å². The van der Waals surface area contributed by atoms with E-state index < -0.39 is 0 Å². The zero-order chi connectivity index (χ0) is 27.6. The van der Waals surface area contributed by atoms with Gasteiger partial charge in [0.2, 0.25) is 0 Å². The van der Waals surface area contributed by atoms with Gasteiger partial charge in [0.25, 0.3) is 11.8 Å². The monoisotopic (exact) mass is 520 g/mol. The summed E-state index contributed by atoms with van der Waals surface area (Å²) in [5.41, 5.74) is 12.7. The second-order valence-corrected chi connectivity index (χ2v) is 9.87. The molecule has 0 aliphatic rings. The molecule has 4 aromatic rings. The van der Waals surface area contributed by atoms with Crippen molar-refractivity contribution < 1.29 is 9.59 Å². The molecule has 0 fully saturated rings. The Labute approximate surface area is 230 Å². The molecule has 0 aromatic heterocycles. The molecule has 39 heavy (non-hydrogen) atoms. The van der Waals surface area contributed by atoms with E-state index in [2.05, 4.69) is 34.7 Å². The number of rotatable bonds is 11. The van der Waals surface area contributed by atoms with Crippen LogP contribution in [0.4, 0.5) is 5.69 Å². The van der Waals surface area contributed by atoms with Crippen molar-refractivity contribution in [3.8, 4) is 0 Å². The standard InChI is InChI=1S/C33H36N4O2/c1-24-8-14-28(15-9-24)33(39)36-31-20-29(32(38)35-22-27-12-10-26(21-34)11-13-27)16-17-30(31)23-37(2)19-18-25-6-4-3-5-7-25/h3-17,20H,18-19,21-23,34H2,1-2H3,(H,35,38)(H,36,39). The Kier molecular flexibility index (Phi) is 9.62. The van der Waals surface area contributed by atoms with Crippen LogP contribution < -0.4 is 16.4 Å². The Morgan fingerprint density at radius 3 is 2.13 bits per heavy atom. The van der Waals surface area contributed by atoms with E-state index in [1.807, 2.05) is 85.8 Å². The Hall–Kier alpha value is -4.26. The first-order chi connectivity index (χ1) is 18.9. The molecule has 0 radical (unpaired) electrons. The molecular weight excluding hydrogens is 484 g/mol. The largest absolute Gasteiger partial charge is 0.348 e. The van der Waals surface area contributed by atoms with Gasteiger partial charge in [-0.1, -0.05) is 78.4 Å². The van der Waals surface area contributed by atoms with Gasteiger partial charge >= 0.3 is 0 Å². The zero-order valence-electron chi connectivity index (χ0n) is 22.6. The van der Waals surface area contributed by atoms with Crippen molar-refractivity contribution in [1.29, 1.82) is 0 Å². The van der Waals surface area contributed by atoms with E-state index in [1.54, 1.807) is 6.07 Å². The van der Waals surface area contributed by atoms with Crippen molar-refractivity contribution in [2.24, 2.45) is 5.73 Å². The Balaban J connectivity index is 1.49. The number of anilines is 1. The third-order valence-electron chi connectivity index (χ3n) is 6.71. The minimum absolute atomic E-state index is 0.201. The predicted molar refractivity (Wildman–Crippen MR) is 158 cm³/mol. The molecule has 0 bridgehead atoms. The van der Waals surface area contributed by atoms with E-state index in [4.69, 9.17) is 5.73 Å². The number of carbonyl (C=O) groups excluding carboxylic acids is 2. The summed E-state index contributed by atoms with van der Waals surface area (Å²) in [6.07, 6.45) is 0.926. The summed E-state index contributed by atoms with van der Waals surface area (Å²) in [5, 5.41) is 6.03. The molecule has 0 unspecified atom stereocenters. The van der Waals surface area contributed by atoms with Crippen LogP contribution in [0, 0.1) is 6.92 Å². The molecule has 4 N–H and O–H groups in total. The fourth-order valence-corrected chi connectivity index (χ4v) is 4.28. The lowest BCUT2D eigenvalue weighted by Gasteiger charge is -2.20. The number of likely N-dealkylation sites (N-methyl/N-ethyl adjacent to an activating group) is 1. The molecule has 0 saturated carbocycles. The predicted octanol–water partition coefficient (Wildman–Crippen LogP) is 5.31. The highest BCUT2D eigenvalue weighted by atomic mass is 16.2. The number of nitrogens with zero attached hydrogens (tertiary/aromatic N) is 1. The summed E-state index contributed by atoms with van der Waals surface area (Å²) in [6, 6.07) is 31.2. The average Bonchev–Trinajstić information content (AvgIpc) is 2.96. The van der Waals surface area contributed by atoms with Crippen molar-refractivity contribution in [2.45, 2.75) is 33.0 Å². The molecule has 0 heterocycles. The lowest BCUT2D eigenvalue weighted by Crippen LogP contribution is -2.24. The van der Waals surface area contributed by atoms with Gasteiger partial charge < -0.3 is 21.3 Å². The molecule has 0 spiro atoms. The number of nitrogens with two attached hydrogens (primary N) is 1. The minimum Gasteiger partial charge on any atom is -0.348 e. The molecule has 6 heteroatoms. The van der Waals surface area contributed by atoms with Crippen molar-refractivity contribution in [3.63, 3.8) is 0 Å². The summed E-state index contributed by atoms with van der Waals surface area (Å²) in [4.78, 5) is 28.3. The maximum atomic E-state index is 13.1. The first-order valence-corrected chi connectivity index (χ1v) is 13.2.